The van der Waals surface area contributed by atoms with E-state index in [1.54, 1.807) is 0 Å². The number of carbonyl (C=O) groups is 1. The summed E-state index contributed by atoms with van der Waals surface area (Å²) in [5.41, 5.74) is 0.896. The second-order valence-electron chi connectivity index (χ2n) is 5.29. The number of rotatable bonds is 3. The normalized spacial score (nSPS) is 11.4. The maximum absolute atomic E-state index is 12.2. The van der Waals surface area contributed by atoms with Gasteiger partial charge in [-0.1, -0.05) is 46.3 Å². The van der Waals surface area contributed by atoms with Gasteiger partial charge in [0.05, 0.1) is 4.88 Å². The van der Waals surface area contributed by atoms with E-state index in [9.17, 15) is 4.79 Å². The van der Waals surface area contributed by atoms with Gasteiger partial charge in [-0.2, -0.15) is 0 Å². The van der Waals surface area contributed by atoms with Crippen LogP contribution in [-0.4, -0.2) is 16.6 Å². The van der Waals surface area contributed by atoms with Gasteiger partial charge in [0.25, 0.3) is 0 Å². The third kappa shape index (κ3) is 3.67. The number of ether oxygens (including phenoxy) is 1. The molecule has 2 aromatic rings. The molecule has 0 aliphatic heterocycles. The van der Waals surface area contributed by atoms with E-state index in [-0.39, 0.29) is 5.97 Å². The van der Waals surface area contributed by atoms with E-state index in [4.69, 9.17) is 4.74 Å². The molecule has 1 aromatic carbocycles. The van der Waals surface area contributed by atoms with Crippen molar-refractivity contribution in [2.45, 2.75) is 31.7 Å². The lowest BCUT2D eigenvalue weighted by atomic mass is 10.2. The van der Waals surface area contributed by atoms with Crippen molar-refractivity contribution in [2.75, 3.05) is 0 Å². The molecule has 0 aliphatic carbocycles. The summed E-state index contributed by atoms with van der Waals surface area (Å²) in [7, 11) is 0. The van der Waals surface area contributed by atoms with Gasteiger partial charge in [0, 0.05) is 10.9 Å². The van der Waals surface area contributed by atoms with Crippen LogP contribution in [0.3, 0.4) is 0 Å². The van der Waals surface area contributed by atoms with Gasteiger partial charge in [-0.05, 0) is 20.8 Å². The van der Waals surface area contributed by atoms with Gasteiger partial charge < -0.3 is 4.74 Å². The van der Waals surface area contributed by atoms with Gasteiger partial charge in [-0.25, -0.2) is 9.78 Å². The fourth-order valence-electron chi connectivity index (χ4n) is 1.63. The lowest BCUT2D eigenvalue weighted by Crippen LogP contribution is -2.24. The lowest BCUT2D eigenvalue weighted by Gasteiger charge is -2.18. The highest BCUT2D eigenvalue weighted by atomic mass is 79.9. The molecule has 1 heterocycles. The topological polar surface area (TPSA) is 39.2 Å². The molecule has 2 rings (SSSR count). The number of hydrogen-bond donors (Lipinski definition) is 0. The molecule has 0 amide bonds. The standard InChI is InChI=1S/C15H16BrNO2S/c1-15(2,3)19-14(18)12-11(9-16)20-13(17-12)10-7-5-4-6-8-10/h4-8H,9H2,1-3H3. The number of benzene rings is 1. The van der Waals surface area contributed by atoms with Crippen LogP contribution in [0.4, 0.5) is 0 Å². The Morgan fingerprint density at radius 3 is 2.50 bits per heavy atom. The average Bonchev–Trinajstić information content (AvgIpc) is 2.82. The van der Waals surface area contributed by atoms with Crippen molar-refractivity contribution in [3.63, 3.8) is 0 Å². The molecule has 20 heavy (non-hydrogen) atoms. The molecular weight excluding hydrogens is 338 g/mol. The Labute approximate surface area is 131 Å². The largest absolute Gasteiger partial charge is 0.455 e. The first-order valence-electron chi connectivity index (χ1n) is 6.25. The summed E-state index contributed by atoms with van der Waals surface area (Å²) in [5, 5.41) is 1.42. The van der Waals surface area contributed by atoms with Crippen molar-refractivity contribution < 1.29 is 9.53 Å². The lowest BCUT2D eigenvalue weighted by molar-refractivity contribution is 0.00630. The van der Waals surface area contributed by atoms with E-state index < -0.39 is 5.60 Å². The molecule has 0 radical (unpaired) electrons. The smallest absolute Gasteiger partial charge is 0.358 e. The Morgan fingerprint density at radius 2 is 1.95 bits per heavy atom. The molecule has 0 saturated heterocycles. The van der Waals surface area contributed by atoms with E-state index in [0.29, 0.717) is 11.0 Å². The van der Waals surface area contributed by atoms with Gasteiger partial charge >= 0.3 is 5.97 Å². The maximum atomic E-state index is 12.2. The Bertz CT molecular complexity index is 602. The second kappa shape index (κ2) is 6.06. The van der Waals surface area contributed by atoms with E-state index in [1.165, 1.54) is 11.3 Å². The number of carbonyl (C=O) groups excluding carboxylic acids is 1. The first-order valence-corrected chi connectivity index (χ1v) is 8.19. The molecule has 0 spiro atoms. The van der Waals surface area contributed by atoms with Crippen molar-refractivity contribution in [3.05, 3.63) is 40.9 Å². The Balaban J connectivity index is 2.35. The molecule has 0 aliphatic rings. The van der Waals surface area contributed by atoms with Crippen LogP contribution in [-0.2, 0) is 10.1 Å². The van der Waals surface area contributed by atoms with Crippen LogP contribution >= 0.6 is 27.3 Å². The first-order chi connectivity index (χ1) is 9.40. The Kier molecular flexibility index (Phi) is 4.60. The fraction of sp³-hybridized carbons (Fsp3) is 0.333. The molecular formula is C15H16BrNO2S. The number of nitrogens with zero attached hydrogens (tertiary/aromatic N) is 1. The molecule has 5 heteroatoms. The highest BCUT2D eigenvalue weighted by molar-refractivity contribution is 9.08. The number of aromatic nitrogens is 1. The molecule has 0 N–H and O–H groups in total. The molecule has 0 saturated carbocycles. The predicted octanol–water partition coefficient (Wildman–Crippen LogP) is 4.66. The number of alkyl halides is 1. The van der Waals surface area contributed by atoms with Crippen LogP contribution in [0, 0.1) is 0 Å². The summed E-state index contributed by atoms with van der Waals surface area (Å²) in [6.45, 7) is 5.55. The third-order valence-electron chi connectivity index (χ3n) is 2.43. The monoisotopic (exact) mass is 353 g/mol. The van der Waals surface area contributed by atoms with Gasteiger partial charge in [0.15, 0.2) is 5.69 Å². The van der Waals surface area contributed by atoms with Gasteiger partial charge in [0.2, 0.25) is 0 Å². The van der Waals surface area contributed by atoms with Crippen molar-refractivity contribution >= 4 is 33.2 Å². The second-order valence-corrected chi connectivity index (χ2v) is 6.94. The number of thiazole rings is 1. The van der Waals surface area contributed by atoms with Crippen LogP contribution < -0.4 is 0 Å². The minimum Gasteiger partial charge on any atom is -0.455 e. The SMILES string of the molecule is CC(C)(C)OC(=O)c1nc(-c2ccccc2)sc1CBr. The van der Waals surface area contributed by atoms with Crippen LogP contribution in [0.1, 0.15) is 36.1 Å². The number of hydrogen-bond acceptors (Lipinski definition) is 4. The van der Waals surface area contributed by atoms with Gasteiger partial charge in [-0.3, -0.25) is 0 Å². The molecule has 1 aromatic heterocycles. The maximum Gasteiger partial charge on any atom is 0.358 e. The minimum atomic E-state index is -0.517. The van der Waals surface area contributed by atoms with Crippen LogP contribution in [0.15, 0.2) is 30.3 Å². The predicted molar refractivity (Wildman–Crippen MR) is 85.3 cm³/mol. The van der Waals surface area contributed by atoms with Crippen LogP contribution in [0.5, 0.6) is 0 Å². The number of esters is 1. The van der Waals surface area contributed by atoms with Crippen molar-refractivity contribution in [1.29, 1.82) is 0 Å². The molecule has 0 fully saturated rings. The third-order valence-corrected chi connectivity index (χ3v) is 4.47. The van der Waals surface area contributed by atoms with E-state index in [0.717, 1.165) is 15.4 Å². The minimum absolute atomic E-state index is 0.370. The molecule has 0 unspecified atom stereocenters. The van der Waals surface area contributed by atoms with Crippen LogP contribution in [0.25, 0.3) is 10.6 Å². The Morgan fingerprint density at radius 1 is 1.30 bits per heavy atom. The molecule has 0 bridgehead atoms. The summed E-state index contributed by atoms with van der Waals surface area (Å²) in [6, 6.07) is 9.83. The highest BCUT2D eigenvalue weighted by Crippen LogP contribution is 2.30. The van der Waals surface area contributed by atoms with Crippen LogP contribution in [0.2, 0.25) is 0 Å². The van der Waals surface area contributed by atoms with E-state index >= 15 is 0 Å². The first kappa shape index (κ1) is 15.2. The zero-order valence-corrected chi connectivity index (χ0v) is 14.0. The zero-order valence-electron chi connectivity index (χ0n) is 11.6. The Hall–Kier alpha value is -1.20. The fourth-order valence-corrected chi connectivity index (χ4v) is 3.15. The summed E-state index contributed by atoms with van der Waals surface area (Å²) < 4.78 is 5.40. The molecule has 0 atom stereocenters. The van der Waals surface area contributed by atoms with E-state index in [2.05, 4.69) is 20.9 Å². The average molecular weight is 354 g/mol. The zero-order chi connectivity index (χ0) is 14.8. The quantitative estimate of drug-likeness (QED) is 0.594. The number of halogens is 1. The summed E-state index contributed by atoms with van der Waals surface area (Å²) >= 11 is 4.91. The van der Waals surface area contributed by atoms with Crippen molar-refractivity contribution in [1.82, 2.24) is 4.98 Å². The van der Waals surface area contributed by atoms with E-state index in [1.807, 2.05) is 51.1 Å². The summed E-state index contributed by atoms with van der Waals surface area (Å²) in [5.74, 6) is -0.370. The highest BCUT2D eigenvalue weighted by Gasteiger charge is 2.24. The van der Waals surface area contributed by atoms with Crippen molar-refractivity contribution in [3.8, 4) is 10.6 Å². The molecule has 3 nitrogen and oxygen atoms in total. The van der Waals surface area contributed by atoms with Gasteiger partial charge in [-0.15, -0.1) is 11.3 Å². The van der Waals surface area contributed by atoms with Gasteiger partial charge in [0.1, 0.15) is 10.6 Å². The van der Waals surface area contributed by atoms with Crippen molar-refractivity contribution in [2.24, 2.45) is 0 Å². The summed E-state index contributed by atoms with van der Waals surface area (Å²) in [4.78, 5) is 17.5. The summed E-state index contributed by atoms with van der Waals surface area (Å²) in [6.07, 6.45) is 0. The molecule has 106 valence electrons.